The Bertz CT molecular complexity index is 1310. The molecule has 1 unspecified atom stereocenters. The lowest BCUT2D eigenvalue weighted by molar-refractivity contribution is 0.0864. The molecule has 1 aliphatic heterocycles. The van der Waals surface area contributed by atoms with Gasteiger partial charge < -0.3 is 0 Å². The smallest absolute Gasteiger partial charge is 0.269 e. The Hall–Kier alpha value is -3.60. The van der Waals surface area contributed by atoms with E-state index in [-0.39, 0.29) is 15.8 Å². The molecule has 9 heteroatoms. The molecule has 1 atom stereocenters. The lowest BCUT2D eigenvalue weighted by Gasteiger charge is -2.33. The summed E-state index contributed by atoms with van der Waals surface area (Å²) in [5.74, 6) is -0.148. The van der Waals surface area contributed by atoms with Crippen LogP contribution in [0, 0.1) is 5.82 Å². The van der Waals surface area contributed by atoms with E-state index in [9.17, 15) is 9.18 Å². The number of carbonyl (C=O) groups is 1. The number of carbonyl (C=O) groups excluding carboxylic acids is 1. The Morgan fingerprint density at radius 2 is 1.75 bits per heavy atom. The fourth-order valence-electron chi connectivity index (χ4n) is 3.44. The minimum Gasteiger partial charge on any atom is -0.277 e. The highest BCUT2D eigenvalue weighted by atomic mass is 127. The second-order valence-corrected chi connectivity index (χ2v) is 8.18. The van der Waals surface area contributed by atoms with E-state index in [1.54, 1.807) is 47.7 Å². The lowest BCUT2D eigenvalue weighted by atomic mass is 10.1. The monoisotopic (exact) mass is 538 g/mol. The maximum absolute atomic E-state index is 14.5. The Balaban J connectivity index is 1.61. The van der Waals surface area contributed by atoms with Crippen molar-refractivity contribution in [3.05, 3.63) is 102 Å². The Morgan fingerprint density at radius 3 is 2.50 bits per heavy atom. The number of rotatable bonds is 4. The van der Waals surface area contributed by atoms with Gasteiger partial charge in [0.2, 0.25) is 0 Å². The van der Waals surface area contributed by atoms with Crippen LogP contribution in [-0.4, -0.2) is 31.9 Å². The molecule has 2 aromatic heterocycles. The third kappa shape index (κ3) is 3.64. The van der Waals surface area contributed by atoms with Gasteiger partial charge in [-0.15, -0.1) is 0 Å². The molecular weight excluding hydrogens is 522 g/mol. The van der Waals surface area contributed by atoms with E-state index in [0.29, 0.717) is 34.0 Å². The molecule has 0 saturated carbocycles. The molecule has 5 rings (SSSR count). The van der Waals surface area contributed by atoms with Gasteiger partial charge in [-0.3, -0.25) is 20.3 Å². The molecular formula is C23H16FIN6O. The number of fused-ring (bicyclic) bond motifs is 1. The Kier molecular flexibility index (Phi) is 5.39. The molecule has 158 valence electrons. The quantitative estimate of drug-likeness (QED) is 0.223. The second kappa shape index (κ2) is 8.50. The zero-order valence-corrected chi connectivity index (χ0v) is 18.7. The normalized spacial score (nSPS) is 15.1. The number of pyridine rings is 1. The van der Waals surface area contributed by atoms with Crippen molar-refractivity contribution in [2.45, 2.75) is 4.05 Å². The van der Waals surface area contributed by atoms with Gasteiger partial charge in [0.1, 0.15) is 21.2 Å². The molecule has 0 bridgehead atoms. The zero-order chi connectivity index (χ0) is 22.1. The van der Waals surface area contributed by atoms with E-state index in [1.165, 1.54) is 6.07 Å². The van der Waals surface area contributed by atoms with Crippen molar-refractivity contribution in [3.63, 3.8) is 0 Å². The second-order valence-electron chi connectivity index (χ2n) is 7.00. The van der Waals surface area contributed by atoms with Crippen molar-refractivity contribution < 1.29 is 9.18 Å². The predicted molar refractivity (Wildman–Crippen MR) is 127 cm³/mol. The first-order valence-electron chi connectivity index (χ1n) is 9.75. The molecule has 0 fully saturated rings. The number of aromatic amines is 1. The largest absolute Gasteiger partial charge is 0.277 e. The Labute approximate surface area is 196 Å². The molecule has 2 N–H and O–H groups in total. The third-order valence-electron chi connectivity index (χ3n) is 5.00. The highest BCUT2D eigenvalue weighted by Gasteiger charge is 2.34. The molecule has 32 heavy (non-hydrogen) atoms. The van der Waals surface area contributed by atoms with Crippen molar-refractivity contribution in [1.29, 1.82) is 0 Å². The van der Waals surface area contributed by atoms with Gasteiger partial charge in [0, 0.05) is 29.1 Å². The number of aromatic nitrogens is 3. The van der Waals surface area contributed by atoms with Gasteiger partial charge in [-0.1, -0.05) is 42.5 Å². The molecule has 0 radical (unpaired) electrons. The summed E-state index contributed by atoms with van der Waals surface area (Å²) in [7, 11) is 0. The number of H-pyrrole nitrogens is 1. The van der Waals surface area contributed by atoms with Crippen LogP contribution in [0.2, 0.25) is 0 Å². The third-order valence-corrected chi connectivity index (χ3v) is 6.18. The number of hydrogen-bond acceptors (Lipinski definition) is 5. The van der Waals surface area contributed by atoms with Gasteiger partial charge in [-0.2, -0.15) is 5.10 Å². The Morgan fingerprint density at radius 1 is 1.03 bits per heavy atom. The van der Waals surface area contributed by atoms with Crippen LogP contribution < -0.4 is 5.43 Å². The number of nitrogens with one attached hydrogen (secondary N) is 2. The zero-order valence-electron chi connectivity index (χ0n) is 16.5. The van der Waals surface area contributed by atoms with E-state index in [4.69, 9.17) is 4.99 Å². The van der Waals surface area contributed by atoms with E-state index >= 15 is 0 Å². The number of nitrogens with zero attached hydrogens (tertiary/aromatic N) is 4. The molecule has 0 aliphatic carbocycles. The molecule has 4 aromatic rings. The number of amides is 1. The van der Waals surface area contributed by atoms with Crippen LogP contribution in [0.3, 0.4) is 0 Å². The van der Waals surface area contributed by atoms with Gasteiger partial charge in [0.15, 0.2) is 5.84 Å². The van der Waals surface area contributed by atoms with Crippen molar-refractivity contribution in [1.82, 2.24) is 25.6 Å². The van der Waals surface area contributed by atoms with Crippen LogP contribution in [0.1, 0.15) is 25.7 Å². The molecule has 7 nitrogen and oxygen atoms in total. The SMILES string of the molecule is O=C(NN1C(c2ccccc2)=Nc2c(-c3ccccc3F)n[nH]c2C1I)c1ccncc1. The summed E-state index contributed by atoms with van der Waals surface area (Å²) < 4.78 is 14.1. The fraction of sp³-hybridized carbons (Fsp3) is 0.0435. The van der Waals surface area contributed by atoms with Crippen molar-refractivity contribution >= 4 is 40.0 Å². The van der Waals surface area contributed by atoms with Crippen molar-refractivity contribution in [2.24, 2.45) is 4.99 Å². The summed E-state index contributed by atoms with van der Waals surface area (Å²) >= 11 is 2.20. The lowest BCUT2D eigenvalue weighted by Crippen LogP contribution is -2.48. The number of benzene rings is 2. The number of alkyl halides is 1. The van der Waals surface area contributed by atoms with E-state index in [1.807, 2.05) is 30.3 Å². The minimum absolute atomic E-state index is 0.296. The van der Waals surface area contributed by atoms with Gasteiger partial charge in [0.25, 0.3) is 5.91 Å². The van der Waals surface area contributed by atoms with Crippen molar-refractivity contribution in [3.8, 4) is 11.3 Å². The van der Waals surface area contributed by atoms with Crippen LogP contribution in [-0.2, 0) is 0 Å². The summed E-state index contributed by atoms with van der Waals surface area (Å²) in [6, 6.07) is 19.2. The first-order chi connectivity index (χ1) is 15.6. The highest BCUT2D eigenvalue weighted by Crippen LogP contribution is 2.43. The van der Waals surface area contributed by atoms with Crippen LogP contribution >= 0.6 is 22.6 Å². The highest BCUT2D eigenvalue weighted by molar-refractivity contribution is 14.1. The van der Waals surface area contributed by atoms with E-state index in [0.717, 1.165) is 5.56 Å². The first kappa shape index (κ1) is 20.3. The first-order valence-corrected chi connectivity index (χ1v) is 11.0. The average molecular weight is 538 g/mol. The van der Waals surface area contributed by atoms with E-state index < -0.39 is 0 Å². The maximum atomic E-state index is 14.5. The summed E-state index contributed by atoms with van der Waals surface area (Å²) in [5.41, 5.74) is 6.21. The maximum Gasteiger partial charge on any atom is 0.269 e. The summed E-state index contributed by atoms with van der Waals surface area (Å²) in [6.45, 7) is 0. The summed E-state index contributed by atoms with van der Waals surface area (Å²) in [4.78, 5) is 21.7. The number of halogens is 2. The molecule has 3 heterocycles. The molecule has 1 amide bonds. The topological polar surface area (TPSA) is 86.3 Å². The van der Waals surface area contributed by atoms with Crippen LogP contribution in [0.25, 0.3) is 11.3 Å². The molecule has 1 aliphatic rings. The number of aliphatic imine (C=N–C) groups is 1. The van der Waals surface area contributed by atoms with Gasteiger partial charge in [-0.25, -0.2) is 14.4 Å². The predicted octanol–water partition coefficient (Wildman–Crippen LogP) is 4.78. The fourth-order valence-corrected chi connectivity index (χ4v) is 4.28. The summed E-state index contributed by atoms with van der Waals surface area (Å²) in [5, 5.41) is 9.02. The van der Waals surface area contributed by atoms with E-state index in [2.05, 4.69) is 43.2 Å². The standard InChI is InChI=1S/C23H16FIN6O/c24-17-9-5-4-8-16(17)18-19-20(29-28-18)21(25)31(22(27-19)14-6-2-1-3-7-14)30-23(32)15-10-12-26-13-11-15/h1-13,21H,(H,28,29)(H,30,32). The summed E-state index contributed by atoms with van der Waals surface area (Å²) in [6.07, 6.45) is 3.12. The van der Waals surface area contributed by atoms with Gasteiger partial charge >= 0.3 is 0 Å². The average Bonchev–Trinajstić information content (AvgIpc) is 3.26. The van der Waals surface area contributed by atoms with Crippen LogP contribution in [0.5, 0.6) is 0 Å². The number of hydrogen-bond donors (Lipinski definition) is 2. The van der Waals surface area contributed by atoms with Crippen LogP contribution in [0.15, 0.2) is 84.1 Å². The molecule has 0 spiro atoms. The molecule has 2 aromatic carbocycles. The number of hydrazine groups is 1. The van der Waals surface area contributed by atoms with Gasteiger partial charge in [0.05, 0.1) is 5.69 Å². The van der Waals surface area contributed by atoms with Crippen molar-refractivity contribution in [2.75, 3.05) is 0 Å². The van der Waals surface area contributed by atoms with Gasteiger partial charge in [-0.05, 0) is 46.9 Å². The van der Waals surface area contributed by atoms with Crippen LogP contribution in [0.4, 0.5) is 10.1 Å². The number of amidine groups is 1. The minimum atomic E-state index is -0.378. The molecule has 0 saturated heterocycles.